The van der Waals surface area contributed by atoms with Crippen molar-refractivity contribution >= 4 is 16.9 Å². The van der Waals surface area contributed by atoms with E-state index in [1.165, 1.54) is 0 Å². The zero-order chi connectivity index (χ0) is 11.0. The van der Waals surface area contributed by atoms with Gasteiger partial charge in [-0.3, -0.25) is 5.10 Å². The molecular formula is C11H15N5. The van der Waals surface area contributed by atoms with Crippen LogP contribution in [0.25, 0.3) is 11.0 Å². The largest absolute Gasteiger partial charge is 0.352 e. The Hall–Kier alpha value is -1.62. The molecule has 1 N–H and O–H groups in total. The van der Waals surface area contributed by atoms with Crippen LogP contribution >= 0.6 is 0 Å². The number of aromatic nitrogens is 3. The Morgan fingerprint density at radius 3 is 2.88 bits per heavy atom. The predicted octanol–water partition coefficient (Wildman–Crippen LogP) is 0.710. The fraction of sp³-hybridized carbons (Fsp3) is 0.455. The summed E-state index contributed by atoms with van der Waals surface area (Å²) in [5.74, 6) is 1.04. The maximum atomic E-state index is 4.36. The van der Waals surface area contributed by atoms with Gasteiger partial charge in [0.2, 0.25) is 0 Å². The third-order valence-electron chi connectivity index (χ3n) is 3.12. The molecule has 3 rings (SSSR count). The SMILES string of the molecule is CN1CCN(c2n[nH]c3ncccc23)CC1. The van der Waals surface area contributed by atoms with Crippen molar-refractivity contribution in [1.82, 2.24) is 20.1 Å². The van der Waals surface area contributed by atoms with Crippen LogP contribution in [-0.4, -0.2) is 53.3 Å². The lowest BCUT2D eigenvalue weighted by Gasteiger charge is -2.32. The van der Waals surface area contributed by atoms with Gasteiger partial charge in [-0.15, -0.1) is 0 Å². The van der Waals surface area contributed by atoms with Gasteiger partial charge in [-0.05, 0) is 19.2 Å². The molecule has 2 aromatic rings. The van der Waals surface area contributed by atoms with Crippen molar-refractivity contribution < 1.29 is 0 Å². The molecule has 0 atom stereocenters. The highest BCUT2D eigenvalue weighted by Gasteiger charge is 2.18. The molecule has 0 aliphatic carbocycles. The van der Waals surface area contributed by atoms with E-state index in [1.807, 2.05) is 6.07 Å². The average molecular weight is 217 g/mol. The van der Waals surface area contributed by atoms with Gasteiger partial charge in [0.15, 0.2) is 11.5 Å². The van der Waals surface area contributed by atoms with Crippen LogP contribution in [0.2, 0.25) is 0 Å². The highest BCUT2D eigenvalue weighted by atomic mass is 15.3. The number of hydrogen-bond donors (Lipinski definition) is 1. The fourth-order valence-electron chi connectivity index (χ4n) is 2.10. The molecular weight excluding hydrogens is 202 g/mol. The molecule has 16 heavy (non-hydrogen) atoms. The molecule has 0 bridgehead atoms. The number of aromatic amines is 1. The lowest BCUT2D eigenvalue weighted by Crippen LogP contribution is -2.44. The van der Waals surface area contributed by atoms with Crippen molar-refractivity contribution in [2.75, 3.05) is 38.1 Å². The molecule has 5 heteroatoms. The molecule has 1 aliphatic heterocycles. The smallest absolute Gasteiger partial charge is 0.160 e. The normalized spacial score (nSPS) is 18.2. The Labute approximate surface area is 94.1 Å². The highest BCUT2D eigenvalue weighted by Crippen LogP contribution is 2.22. The lowest BCUT2D eigenvalue weighted by atomic mass is 10.3. The Balaban J connectivity index is 1.94. The number of rotatable bonds is 1. The first-order chi connectivity index (χ1) is 7.84. The summed E-state index contributed by atoms with van der Waals surface area (Å²) in [6, 6.07) is 4.02. The summed E-state index contributed by atoms with van der Waals surface area (Å²) in [5, 5.41) is 8.46. The third-order valence-corrected chi connectivity index (χ3v) is 3.12. The summed E-state index contributed by atoms with van der Waals surface area (Å²) < 4.78 is 0. The fourth-order valence-corrected chi connectivity index (χ4v) is 2.10. The standard InChI is InChI=1S/C11H15N5/c1-15-5-7-16(8-6-15)11-9-3-2-4-12-10(9)13-14-11/h2-4H,5-8H2,1H3,(H,12,13,14). The topological polar surface area (TPSA) is 48.0 Å². The number of pyridine rings is 1. The van der Waals surface area contributed by atoms with Crippen molar-refractivity contribution in [2.24, 2.45) is 0 Å². The maximum absolute atomic E-state index is 4.36. The summed E-state index contributed by atoms with van der Waals surface area (Å²) in [5.41, 5.74) is 0.872. The second kappa shape index (κ2) is 3.75. The van der Waals surface area contributed by atoms with Crippen molar-refractivity contribution in [3.63, 3.8) is 0 Å². The molecule has 0 amide bonds. The molecule has 0 saturated carbocycles. The van der Waals surface area contributed by atoms with Gasteiger partial charge in [0, 0.05) is 32.4 Å². The van der Waals surface area contributed by atoms with E-state index in [9.17, 15) is 0 Å². The molecule has 3 heterocycles. The predicted molar refractivity (Wildman–Crippen MR) is 63.6 cm³/mol. The first-order valence-corrected chi connectivity index (χ1v) is 5.57. The minimum absolute atomic E-state index is 0.872. The highest BCUT2D eigenvalue weighted by molar-refractivity contribution is 5.87. The molecule has 1 fully saturated rings. The quantitative estimate of drug-likeness (QED) is 0.764. The molecule has 0 spiro atoms. The zero-order valence-corrected chi connectivity index (χ0v) is 9.35. The van der Waals surface area contributed by atoms with E-state index in [-0.39, 0.29) is 0 Å². The van der Waals surface area contributed by atoms with Crippen molar-refractivity contribution in [2.45, 2.75) is 0 Å². The molecule has 1 aliphatic rings. The summed E-state index contributed by atoms with van der Waals surface area (Å²) in [4.78, 5) is 8.91. The minimum atomic E-state index is 0.872. The maximum Gasteiger partial charge on any atom is 0.160 e. The number of fused-ring (bicyclic) bond motifs is 1. The number of H-pyrrole nitrogens is 1. The molecule has 84 valence electrons. The van der Waals surface area contributed by atoms with E-state index >= 15 is 0 Å². The zero-order valence-electron chi connectivity index (χ0n) is 9.35. The Morgan fingerprint density at radius 2 is 2.06 bits per heavy atom. The molecule has 1 saturated heterocycles. The summed E-state index contributed by atoms with van der Waals surface area (Å²) in [6.45, 7) is 4.25. The number of likely N-dealkylation sites (N-methyl/N-ethyl adjacent to an activating group) is 1. The Morgan fingerprint density at radius 1 is 1.25 bits per heavy atom. The first-order valence-electron chi connectivity index (χ1n) is 5.57. The number of hydrogen-bond acceptors (Lipinski definition) is 4. The van der Waals surface area contributed by atoms with E-state index < -0.39 is 0 Å². The van der Waals surface area contributed by atoms with Crippen molar-refractivity contribution in [1.29, 1.82) is 0 Å². The van der Waals surface area contributed by atoms with Gasteiger partial charge >= 0.3 is 0 Å². The van der Waals surface area contributed by atoms with Crippen molar-refractivity contribution in [3.05, 3.63) is 18.3 Å². The Kier molecular flexibility index (Phi) is 2.25. The van der Waals surface area contributed by atoms with Crippen LogP contribution in [0, 0.1) is 0 Å². The molecule has 2 aromatic heterocycles. The van der Waals surface area contributed by atoms with Crippen LogP contribution in [0.4, 0.5) is 5.82 Å². The van der Waals surface area contributed by atoms with Gasteiger partial charge in [-0.2, -0.15) is 5.10 Å². The molecule has 0 aromatic carbocycles. The van der Waals surface area contributed by atoms with Gasteiger partial charge in [0.25, 0.3) is 0 Å². The summed E-state index contributed by atoms with van der Waals surface area (Å²) >= 11 is 0. The van der Waals surface area contributed by atoms with E-state index in [4.69, 9.17) is 0 Å². The second-order valence-electron chi connectivity index (χ2n) is 4.24. The molecule has 5 nitrogen and oxygen atoms in total. The van der Waals surface area contributed by atoms with E-state index in [1.54, 1.807) is 6.20 Å². The number of nitrogens with zero attached hydrogens (tertiary/aromatic N) is 4. The van der Waals surface area contributed by atoms with Gasteiger partial charge in [-0.25, -0.2) is 4.98 Å². The van der Waals surface area contributed by atoms with Gasteiger partial charge < -0.3 is 9.80 Å². The van der Waals surface area contributed by atoms with Gasteiger partial charge in [0.05, 0.1) is 5.39 Å². The van der Waals surface area contributed by atoms with Crippen LogP contribution in [0.5, 0.6) is 0 Å². The Bertz CT molecular complexity index is 484. The number of anilines is 1. The van der Waals surface area contributed by atoms with Crippen LogP contribution in [0.15, 0.2) is 18.3 Å². The van der Waals surface area contributed by atoms with E-state index in [0.717, 1.165) is 43.0 Å². The van der Waals surface area contributed by atoms with Crippen LogP contribution in [-0.2, 0) is 0 Å². The van der Waals surface area contributed by atoms with Crippen LogP contribution in [0.1, 0.15) is 0 Å². The minimum Gasteiger partial charge on any atom is -0.352 e. The molecule has 0 radical (unpaired) electrons. The number of piperazine rings is 1. The monoisotopic (exact) mass is 217 g/mol. The van der Waals surface area contributed by atoms with Gasteiger partial charge in [-0.1, -0.05) is 0 Å². The summed E-state index contributed by atoms with van der Waals surface area (Å²) in [6.07, 6.45) is 1.79. The number of nitrogens with one attached hydrogen (secondary N) is 1. The average Bonchev–Trinajstić information content (AvgIpc) is 2.74. The third kappa shape index (κ3) is 1.53. The first kappa shape index (κ1) is 9.59. The van der Waals surface area contributed by atoms with E-state index in [2.05, 4.69) is 38.1 Å². The van der Waals surface area contributed by atoms with Crippen molar-refractivity contribution in [3.8, 4) is 0 Å². The lowest BCUT2D eigenvalue weighted by molar-refractivity contribution is 0.312. The van der Waals surface area contributed by atoms with Crippen LogP contribution < -0.4 is 4.90 Å². The molecule has 0 unspecified atom stereocenters. The van der Waals surface area contributed by atoms with Crippen LogP contribution in [0.3, 0.4) is 0 Å². The van der Waals surface area contributed by atoms with Gasteiger partial charge in [0.1, 0.15) is 0 Å². The summed E-state index contributed by atoms with van der Waals surface area (Å²) in [7, 11) is 2.15. The second-order valence-corrected chi connectivity index (χ2v) is 4.24. The van der Waals surface area contributed by atoms with E-state index in [0.29, 0.717) is 0 Å².